The van der Waals surface area contributed by atoms with Gasteiger partial charge in [-0.05, 0) is 37.8 Å². The van der Waals surface area contributed by atoms with Crippen molar-refractivity contribution in [2.45, 2.75) is 70.8 Å². The Bertz CT molecular complexity index is 424. The average molecular weight is 324 g/mol. The average Bonchev–Trinajstić information content (AvgIpc) is 3.05. The molecule has 22 heavy (non-hydrogen) atoms. The molecule has 0 radical (unpaired) electrons. The van der Waals surface area contributed by atoms with E-state index in [0.717, 1.165) is 31.4 Å². The van der Waals surface area contributed by atoms with E-state index in [1.165, 1.54) is 44.1 Å². The van der Waals surface area contributed by atoms with Crippen LogP contribution in [0.1, 0.15) is 74.2 Å². The highest BCUT2D eigenvalue weighted by Gasteiger charge is 2.22. The van der Waals surface area contributed by atoms with Crippen molar-refractivity contribution in [3.8, 4) is 0 Å². The predicted molar refractivity (Wildman–Crippen MR) is 96.1 cm³/mol. The number of hydrogen-bond acceptors (Lipinski definition) is 2. The molecule has 0 unspecified atom stereocenters. The Kier molecular flexibility index (Phi) is 9.42. The number of Topliss-reactive ketones (excluding diaryl/α,β-unsaturated/α-hetero) is 1. The number of carbonyl (C=O) groups excluding carboxylic acids is 1. The molecule has 2 rings (SSSR count). The van der Waals surface area contributed by atoms with Gasteiger partial charge in [-0.3, -0.25) is 4.79 Å². The molecule has 0 bridgehead atoms. The predicted octanol–water partition coefficient (Wildman–Crippen LogP) is 4.95. The molecule has 1 saturated heterocycles. The van der Waals surface area contributed by atoms with Gasteiger partial charge in [0.05, 0.1) is 6.04 Å². The minimum absolute atomic E-state index is 0. The molecule has 3 heteroatoms. The van der Waals surface area contributed by atoms with E-state index >= 15 is 0 Å². The van der Waals surface area contributed by atoms with E-state index in [1.54, 1.807) is 0 Å². The van der Waals surface area contributed by atoms with Crippen molar-refractivity contribution in [1.82, 2.24) is 5.32 Å². The fourth-order valence-electron chi connectivity index (χ4n) is 3.05. The highest BCUT2D eigenvalue weighted by Crippen LogP contribution is 2.15. The number of benzene rings is 1. The van der Waals surface area contributed by atoms with Crippen LogP contribution in [0.25, 0.3) is 0 Å². The molecule has 1 atom stereocenters. The summed E-state index contributed by atoms with van der Waals surface area (Å²) in [7, 11) is 0. The molecule has 1 aliphatic rings. The summed E-state index contributed by atoms with van der Waals surface area (Å²) >= 11 is 0. The lowest BCUT2D eigenvalue weighted by Crippen LogP contribution is -2.30. The topological polar surface area (TPSA) is 29.1 Å². The van der Waals surface area contributed by atoms with Gasteiger partial charge in [0, 0.05) is 5.56 Å². The number of rotatable bonds is 9. The fourth-order valence-corrected chi connectivity index (χ4v) is 3.05. The van der Waals surface area contributed by atoms with Crippen LogP contribution in [-0.4, -0.2) is 18.4 Å². The summed E-state index contributed by atoms with van der Waals surface area (Å²) in [6.07, 6.45) is 11.2. The summed E-state index contributed by atoms with van der Waals surface area (Å²) < 4.78 is 0. The quantitative estimate of drug-likeness (QED) is 0.515. The Labute approximate surface area is 141 Å². The zero-order valence-corrected chi connectivity index (χ0v) is 14.6. The Morgan fingerprint density at radius 3 is 2.41 bits per heavy atom. The first-order valence-corrected chi connectivity index (χ1v) is 8.68. The van der Waals surface area contributed by atoms with Crippen molar-refractivity contribution in [3.63, 3.8) is 0 Å². The third-order valence-electron chi connectivity index (χ3n) is 4.43. The van der Waals surface area contributed by atoms with E-state index in [-0.39, 0.29) is 24.2 Å². The zero-order valence-electron chi connectivity index (χ0n) is 13.8. The summed E-state index contributed by atoms with van der Waals surface area (Å²) in [6.45, 7) is 3.23. The lowest BCUT2D eigenvalue weighted by Gasteiger charge is -2.09. The van der Waals surface area contributed by atoms with Crippen LogP contribution >= 0.6 is 12.4 Å². The van der Waals surface area contributed by atoms with Crippen molar-refractivity contribution in [2.24, 2.45) is 0 Å². The minimum atomic E-state index is 0. The maximum Gasteiger partial charge on any atom is 0.179 e. The lowest BCUT2D eigenvalue weighted by atomic mass is 9.99. The molecular weight excluding hydrogens is 294 g/mol. The van der Waals surface area contributed by atoms with Crippen LogP contribution in [-0.2, 0) is 6.42 Å². The second-order valence-corrected chi connectivity index (χ2v) is 6.23. The summed E-state index contributed by atoms with van der Waals surface area (Å²) in [6, 6.07) is 8.33. The van der Waals surface area contributed by atoms with Crippen molar-refractivity contribution in [2.75, 3.05) is 6.54 Å². The molecule has 1 N–H and O–H groups in total. The van der Waals surface area contributed by atoms with Crippen molar-refractivity contribution in [1.29, 1.82) is 0 Å². The third-order valence-corrected chi connectivity index (χ3v) is 4.43. The second kappa shape index (κ2) is 10.8. The molecule has 2 nitrogen and oxygen atoms in total. The molecular formula is C19H30ClNO. The van der Waals surface area contributed by atoms with Gasteiger partial charge in [-0.1, -0.05) is 63.3 Å². The van der Waals surface area contributed by atoms with Crippen LogP contribution in [0.3, 0.4) is 0 Å². The van der Waals surface area contributed by atoms with Gasteiger partial charge in [0.25, 0.3) is 0 Å². The highest BCUT2D eigenvalue weighted by atomic mass is 35.5. The SMILES string of the molecule is CCCCCCCCc1ccc(C(=O)[C@@H]2CCCN2)cc1.Cl. The summed E-state index contributed by atoms with van der Waals surface area (Å²) in [5, 5.41) is 3.28. The van der Waals surface area contributed by atoms with Gasteiger partial charge >= 0.3 is 0 Å². The van der Waals surface area contributed by atoms with Gasteiger partial charge < -0.3 is 5.32 Å². The van der Waals surface area contributed by atoms with Crippen LogP contribution in [0.15, 0.2) is 24.3 Å². The van der Waals surface area contributed by atoms with Gasteiger partial charge in [0.1, 0.15) is 0 Å². The summed E-state index contributed by atoms with van der Waals surface area (Å²) in [5.41, 5.74) is 2.22. The van der Waals surface area contributed by atoms with Crippen LogP contribution < -0.4 is 5.32 Å². The maximum absolute atomic E-state index is 12.3. The molecule has 124 valence electrons. The Balaban J connectivity index is 0.00000242. The molecule has 0 aromatic heterocycles. The lowest BCUT2D eigenvalue weighted by molar-refractivity contribution is 0.0952. The third kappa shape index (κ3) is 6.10. The second-order valence-electron chi connectivity index (χ2n) is 6.23. The van der Waals surface area contributed by atoms with Gasteiger partial charge in [0.15, 0.2) is 5.78 Å². The summed E-state index contributed by atoms with van der Waals surface area (Å²) in [4.78, 5) is 12.3. The van der Waals surface area contributed by atoms with Gasteiger partial charge in [-0.25, -0.2) is 0 Å². The van der Waals surface area contributed by atoms with Crippen LogP contribution in [0.5, 0.6) is 0 Å². The van der Waals surface area contributed by atoms with Gasteiger partial charge in [-0.15, -0.1) is 12.4 Å². The van der Waals surface area contributed by atoms with E-state index in [9.17, 15) is 4.79 Å². The molecule has 0 saturated carbocycles. The van der Waals surface area contributed by atoms with Crippen molar-refractivity contribution >= 4 is 18.2 Å². The number of carbonyl (C=O) groups is 1. The van der Waals surface area contributed by atoms with Gasteiger partial charge in [0.2, 0.25) is 0 Å². The first-order valence-electron chi connectivity index (χ1n) is 8.68. The minimum Gasteiger partial charge on any atom is -0.307 e. The number of nitrogens with one attached hydrogen (secondary N) is 1. The highest BCUT2D eigenvalue weighted by molar-refractivity contribution is 6.00. The van der Waals surface area contributed by atoms with Gasteiger partial charge in [-0.2, -0.15) is 0 Å². The number of halogens is 1. The largest absolute Gasteiger partial charge is 0.307 e. The normalized spacial score (nSPS) is 17.2. The van der Waals surface area contributed by atoms with E-state index in [4.69, 9.17) is 0 Å². The van der Waals surface area contributed by atoms with E-state index in [2.05, 4.69) is 24.4 Å². The van der Waals surface area contributed by atoms with E-state index in [1.807, 2.05) is 12.1 Å². The van der Waals surface area contributed by atoms with E-state index < -0.39 is 0 Å². The van der Waals surface area contributed by atoms with E-state index in [0.29, 0.717) is 0 Å². The smallest absolute Gasteiger partial charge is 0.179 e. The fraction of sp³-hybridized carbons (Fsp3) is 0.632. The molecule has 1 aromatic carbocycles. The Hall–Kier alpha value is -0.860. The zero-order chi connectivity index (χ0) is 14.9. The monoisotopic (exact) mass is 323 g/mol. The number of hydrogen-bond donors (Lipinski definition) is 1. The maximum atomic E-state index is 12.3. The molecule has 1 fully saturated rings. The molecule has 0 amide bonds. The van der Waals surface area contributed by atoms with Crippen LogP contribution in [0, 0.1) is 0 Å². The first-order chi connectivity index (χ1) is 10.3. The number of unbranched alkanes of at least 4 members (excludes halogenated alkanes) is 5. The van der Waals surface area contributed by atoms with Crippen molar-refractivity contribution in [3.05, 3.63) is 35.4 Å². The Morgan fingerprint density at radius 2 is 1.77 bits per heavy atom. The summed E-state index contributed by atoms with van der Waals surface area (Å²) in [5.74, 6) is 0.263. The number of aryl methyl sites for hydroxylation is 1. The van der Waals surface area contributed by atoms with Crippen LogP contribution in [0.2, 0.25) is 0 Å². The molecule has 1 aliphatic heterocycles. The first kappa shape index (κ1) is 19.2. The van der Waals surface area contributed by atoms with Crippen LogP contribution in [0.4, 0.5) is 0 Å². The molecule has 1 heterocycles. The Morgan fingerprint density at radius 1 is 1.09 bits per heavy atom. The molecule has 0 spiro atoms. The molecule has 1 aromatic rings. The van der Waals surface area contributed by atoms with Crippen molar-refractivity contribution < 1.29 is 4.79 Å². The standard InChI is InChI=1S/C19H29NO.ClH/c1-2-3-4-5-6-7-9-16-11-13-17(14-12-16)19(21)18-10-8-15-20-18;/h11-14,18,20H,2-10,15H2,1H3;1H/t18-;/m0./s1. The number of ketones is 1. The molecule has 0 aliphatic carbocycles.